The van der Waals surface area contributed by atoms with E-state index in [-0.39, 0.29) is 4.21 Å². The molecule has 7 heteroatoms. The smallest absolute Gasteiger partial charge is 0.273 e. The molecule has 1 rings (SSSR count). The summed E-state index contributed by atoms with van der Waals surface area (Å²) in [6.07, 6.45) is 0.0449. The predicted octanol–water partition coefficient (Wildman–Crippen LogP) is 2.00. The molecule has 0 aliphatic heterocycles. The number of nitrogens with one attached hydrogen (secondary N) is 1. The molecule has 0 saturated carbocycles. The molecule has 0 spiro atoms. The number of carbonyl (C=O) groups excluding carboxylic acids is 1. The highest BCUT2D eigenvalue weighted by Gasteiger charge is 2.22. The monoisotopic (exact) mass is 305 g/mol. The minimum Gasteiger partial charge on any atom is -0.369 e. The molecule has 0 fully saturated rings. The van der Waals surface area contributed by atoms with E-state index in [1.807, 2.05) is 4.72 Å². The quantitative estimate of drug-likeness (QED) is 0.836. The van der Waals surface area contributed by atoms with Crippen molar-refractivity contribution in [1.82, 2.24) is 4.72 Å². The van der Waals surface area contributed by atoms with Gasteiger partial charge in [-0.3, -0.25) is 4.79 Å². The van der Waals surface area contributed by atoms with Crippen LogP contribution in [0.5, 0.6) is 0 Å². The van der Waals surface area contributed by atoms with Crippen molar-refractivity contribution in [2.75, 3.05) is 6.61 Å². The first-order valence-corrected chi connectivity index (χ1v) is 8.41. The van der Waals surface area contributed by atoms with Gasteiger partial charge in [0.15, 0.2) is 0 Å². The third-order valence-electron chi connectivity index (χ3n) is 2.43. The van der Waals surface area contributed by atoms with Gasteiger partial charge in [-0.2, -0.15) is 0 Å². The summed E-state index contributed by atoms with van der Waals surface area (Å²) in [6.45, 7) is 6.08. The molecule has 0 aliphatic rings. The van der Waals surface area contributed by atoms with E-state index in [9.17, 15) is 13.2 Å². The number of rotatable bonds is 7. The molecular weight excluding hydrogens is 286 g/mol. The van der Waals surface area contributed by atoms with Gasteiger partial charge < -0.3 is 4.74 Å². The minimum atomic E-state index is -3.76. The van der Waals surface area contributed by atoms with Crippen LogP contribution >= 0.6 is 11.3 Å². The fraction of sp³-hybridized carbons (Fsp3) is 0.583. The van der Waals surface area contributed by atoms with Crippen LogP contribution in [0.2, 0.25) is 0 Å². The summed E-state index contributed by atoms with van der Waals surface area (Å²) in [5, 5.41) is 1.64. The molecular formula is C12H19NO4S2. The summed E-state index contributed by atoms with van der Waals surface area (Å²) in [4.78, 5) is 11.7. The first-order chi connectivity index (χ1) is 8.83. The van der Waals surface area contributed by atoms with Gasteiger partial charge in [0.05, 0.1) is 0 Å². The Morgan fingerprint density at radius 3 is 2.63 bits per heavy atom. The van der Waals surface area contributed by atoms with Crippen molar-refractivity contribution in [2.45, 2.75) is 37.5 Å². The molecule has 0 unspecified atom stereocenters. The van der Waals surface area contributed by atoms with Crippen LogP contribution in [0.25, 0.3) is 0 Å². The Morgan fingerprint density at radius 1 is 1.42 bits per heavy atom. The van der Waals surface area contributed by atoms with E-state index in [0.29, 0.717) is 12.5 Å². The Kier molecular flexibility index (Phi) is 5.96. The zero-order valence-corrected chi connectivity index (χ0v) is 12.9. The van der Waals surface area contributed by atoms with Crippen molar-refractivity contribution >= 4 is 27.3 Å². The molecule has 1 heterocycles. The lowest BCUT2D eigenvalue weighted by molar-refractivity contribution is -0.130. The number of amides is 1. The highest BCUT2D eigenvalue weighted by Crippen LogP contribution is 2.15. The molecule has 1 atom stereocenters. The fourth-order valence-electron chi connectivity index (χ4n) is 1.24. The summed E-state index contributed by atoms with van der Waals surface area (Å²) >= 11 is 1.06. The van der Waals surface area contributed by atoms with Gasteiger partial charge in [0.1, 0.15) is 10.3 Å². The molecule has 19 heavy (non-hydrogen) atoms. The van der Waals surface area contributed by atoms with Crippen LogP contribution in [-0.4, -0.2) is 27.0 Å². The standard InChI is InChI=1S/C12H19NO4S2/c1-9(2)6-7-17-10(3)12(14)13-19(15,16)11-5-4-8-18-11/h4-5,8-10H,6-7H2,1-3H3,(H,13,14)/t10-/m1/s1. The van der Waals surface area contributed by atoms with Crippen molar-refractivity contribution in [3.63, 3.8) is 0 Å². The summed E-state index contributed by atoms with van der Waals surface area (Å²) < 4.78 is 31.1. The molecule has 1 aromatic heterocycles. The highest BCUT2D eigenvalue weighted by molar-refractivity contribution is 7.92. The number of thiophene rings is 1. The van der Waals surface area contributed by atoms with Gasteiger partial charge in [0.2, 0.25) is 0 Å². The fourth-order valence-corrected chi connectivity index (χ4v) is 3.27. The van der Waals surface area contributed by atoms with Gasteiger partial charge in [0, 0.05) is 6.61 Å². The molecule has 1 N–H and O–H groups in total. The topological polar surface area (TPSA) is 72.5 Å². The Hall–Kier alpha value is -0.920. The van der Waals surface area contributed by atoms with Gasteiger partial charge in [0.25, 0.3) is 15.9 Å². The Bertz CT molecular complexity index is 494. The van der Waals surface area contributed by atoms with Crippen molar-refractivity contribution in [3.05, 3.63) is 17.5 Å². The maximum atomic E-state index is 11.8. The maximum Gasteiger partial charge on any atom is 0.273 e. The van der Waals surface area contributed by atoms with E-state index in [1.165, 1.54) is 6.07 Å². The lowest BCUT2D eigenvalue weighted by Gasteiger charge is -2.13. The molecule has 0 aromatic carbocycles. The van der Waals surface area contributed by atoms with Crippen molar-refractivity contribution < 1.29 is 17.9 Å². The molecule has 1 amide bonds. The van der Waals surface area contributed by atoms with Gasteiger partial charge >= 0.3 is 0 Å². The normalized spacial score (nSPS) is 13.5. The van der Waals surface area contributed by atoms with Crippen LogP contribution in [-0.2, 0) is 19.6 Å². The average Bonchev–Trinajstić information content (AvgIpc) is 2.81. The number of sulfonamides is 1. The summed E-state index contributed by atoms with van der Waals surface area (Å²) in [5.74, 6) is -0.165. The predicted molar refractivity (Wildman–Crippen MR) is 74.5 cm³/mol. The molecule has 0 radical (unpaired) electrons. The van der Waals surface area contributed by atoms with Gasteiger partial charge in [-0.05, 0) is 30.7 Å². The SMILES string of the molecule is CC(C)CCO[C@H](C)C(=O)NS(=O)(=O)c1cccs1. The zero-order chi connectivity index (χ0) is 14.5. The third kappa shape index (κ3) is 5.30. The minimum absolute atomic E-state index is 0.121. The first kappa shape index (κ1) is 16.1. The second kappa shape index (κ2) is 7.02. The van der Waals surface area contributed by atoms with Crippen LogP contribution in [0.3, 0.4) is 0 Å². The zero-order valence-electron chi connectivity index (χ0n) is 11.3. The average molecular weight is 305 g/mol. The van der Waals surface area contributed by atoms with E-state index in [1.54, 1.807) is 18.4 Å². The van der Waals surface area contributed by atoms with Crippen molar-refractivity contribution in [3.8, 4) is 0 Å². The van der Waals surface area contributed by atoms with Crippen LogP contribution in [0.1, 0.15) is 27.2 Å². The lowest BCUT2D eigenvalue weighted by atomic mass is 10.1. The number of ether oxygens (including phenoxy) is 1. The van der Waals surface area contributed by atoms with Crippen LogP contribution in [0, 0.1) is 5.92 Å². The van der Waals surface area contributed by atoms with E-state index in [0.717, 1.165) is 17.8 Å². The molecule has 5 nitrogen and oxygen atoms in total. The van der Waals surface area contributed by atoms with Gasteiger partial charge in [-0.25, -0.2) is 13.1 Å². The lowest BCUT2D eigenvalue weighted by Crippen LogP contribution is -2.38. The largest absolute Gasteiger partial charge is 0.369 e. The Morgan fingerprint density at radius 2 is 2.11 bits per heavy atom. The first-order valence-electron chi connectivity index (χ1n) is 6.04. The summed E-state index contributed by atoms with van der Waals surface area (Å²) in [7, 11) is -3.76. The van der Waals surface area contributed by atoms with Gasteiger partial charge in [-0.15, -0.1) is 11.3 Å². The second-order valence-corrected chi connectivity index (χ2v) is 7.45. The summed E-state index contributed by atoms with van der Waals surface area (Å²) in [5.41, 5.74) is 0. The second-order valence-electron chi connectivity index (χ2n) is 4.60. The number of hydrogen-bond acceptors (Lipinski definition) is 5. The van der Waals surface area contributed by atoms with Gasteiger partial charge in [-0.1, -0.05) is 19.9 Å². The van der Waals surface area contributed by atoms with E-state index < -0.39 is 22.0 Å². The van der Waals surface area contributed by atoms with Crippen LogP contribution in [0.15, 0.2) is 21.7 Å². The summed E-state index contributed by atoms with van der Waals surface area (Å²) in [6, 6.07) is 3.07. The molecule has 0 aliphatic carbocycles. The molecule has 1 aromatic rings. The maximum absolute atomic E-state index is 11.8. The molecule has 108 valence electrons. The van der Waals surface area contributed by atoms with E-state index in [4.69, 9.17) is 4.74 Å². The molecule has 0 bridgehead atoms. The highest BCUT2D eigenvalue weighted by atomic mass is 32.2. The Balaban J connectivity index is 2.50. The molecule has 0 saturated heterocycles. The number of carbonyl (C=O) groups is 1. The Labute approximate surface area is 118 Å². The van der Waals surface area contributed by atoms with E-state index in [2.05, 4.69) is 13.8 Å². The number of hydrogen-bond donors (Lipinski definition) is 1. The van der Waals surface area contributed by atoms with Crippen LogP contribution < -0.4 is 4.72 Å². The van der Waals surface area contributed by atoms with E-state index >= 15 is 0 Å². The van der Waals surface area contributed by atoms with Crippen molar-refractivity contribution in [2.24, 2.45) is 5.92 Å². The van der Waals surface area contributed by atoms with Crippen LogP contribution in [0.4, 0.5) is 0 Å². The third-order valence-corrected chi connectivity index (χ3v) is 5.17. The van der Waals surface area contributed by atoms with Crippen molar-refractivity contribution in [1.29, 1.82) is 0 Å².